The first-order valence-electron chi connectivity index (χ1n) is 5.85. The highest BCUT2D eigenvalue weighted by Gasteiger charge is 2.49. The third-order valence-electron chi connectivity index (χ3n) is 2.34. The van der Waals surface area contributed by atoms with Crippen LogP contribution in [0.4, 0.5) is 13.2 Å². The van der Waals surface area contributed by atoms with Gasteiger partial charge in [0.2, 0.25) is 0 Å². The van der Waals surface area contributed by atoms with Crippen molar-refractivity contribution in [1.82, 2.24) is 0 Å². The third kappa shape index (κ3) is 5.52. The molecule has 0 spiro atoms. The maximum atomic E-state index is 12.1. The highest BCUT2D eigenvalue weighted by Crippen LogP contribution is 2.24. The van der Waals surface area contributed by atoms with Crippen LogP contribution in [0.25, 0.3) is 0 Å². The summed E-state index contributed by atoms with van der Waals surface area (Å²) in [6.45, 7) is 0. The molecule has 0 radical (unpaired) electrons. The second-order valence-electron chi connectivity index (χ2n) is 3.93. The van der Waals surface area contributed by atoms with E-state index in [1.165, 1.54) is 12.1 Å². The van der Waals surface area contributed by atoms with Crippen molar-refractivity contribution >= 4 is 32.9 Å². The van der Waals surface area contributed by atoms with E-state index in [0.717, 1.165) is 24.3 Å². The first-order valence-corrected chi connectivity index (χ1v) is 8.26. The average Bonchev–Trinajstić information content (AvgIpc) is 2.55. The minimum absolute atomic E-state index is 0.0304. The SMILES string of the molecule is N#CC(=NOS(=O)[O-])c1ccc(C(C#N)=NOS(=O)(=O)C(F)(F)F)cc1. The maximum Gasteiger partial charge on any atom is 0.536 e. The van der Waals surface area contributed by atoms with Gasteiger partial charge in [0, 0.05) is 11.1 Å². The summed E-state index contributed by atoms with van der Waals surface area (Å²) < 4.78 is 85.6. The van der Waals surface area contributed by atoms with Gasteiger partial charge >= 0.3 is 15.6 Å². The fraction of sp³-hybridized carbons (Fsp3) is 0.0909. The van der Waals surface area contributed by atoms with Gasteiger partial charge in [-0.15, -0.1) is 0 Å². The van der Waals surface area contributed by atoms with Gasteiger partial charge in [-0.05, 0) is 0 Å². The monoisotopic (exact) mass is 409 g/mol. The summed E-state index contributed by atoms with van der Waals surface area (Å²) in [5, 5.41) is 23.4. The molecule has 0 aliphatic carbocycles. The van der Waals surface area contributed by atoms with Gasteiger partial charge in [0.05, 0.1) is 0 Å². The first kappa shape index (κ1) is 21.0. The molecule has 0 aromatic heterocycles. The molecule has 0 bridgehead atoms. The molecule has 0 N–H and O–H groups in total. The molecular formula is C11H4F3N4O6S2-. The van der Waals surface area contributed by atoms with Crippen molar-refractivity contribution in [1.29, 1.82) is 10.5 Å². The van der Waals surface area contributed by atoms with Crippen LogP contribution in [0.1, 0.15) is 11.1 Å². The molecule has 26 heavy (non-hydrogen) atoms. The Morgan fingerprint density at radius 1 is 1.08 bits per heavy atom. The summed E-state index contributed by atoms with van der Waals surface area (Å²) in [5.74, 6) is 0. The molecule has 0 aliphatic heterocycles. The number of hydrogen-bond donors (Lipinski definition) is 0. The van der Waals surface area contributed by atoms with E-state index in [-0.39, 0.29) is 11.1 Å². The van der Waals surface area contributed by atoms with Crippen LogP contribution >= 0.6 is 0 Å². The van der Waals surface area contributed by atoms with Crippen LogP contribution in [0.5, 0.6) is 0 Å². The summed E-state index contributed by atoms with van der Waals surface area (Å²) in [6, 6.07) is 7.25. The molecule has 0 aliphatic rings. The van der Waals surface area contributed by atoms with E-state index < -0.39 is 38.4 Å². The molecule has 1 aromatic carbocycles. The fourth-order valence-electron chi connectivity index (χ4n) is 1.26. The zero-order valence-corrected chi connectivity index (χ0v) is 13.6. The highest BCUT2D eigenvalue weighted by molar-refractivity contribution is 7.87. The topological polar surface area (TPSA) is 165 Å². The Kier molecular flexibility index (Phi) is 6.78. The van der Waals surface area contributed by atoms with Gasteiger partial charge in [-0.1, -0.05) is 34.6 Å². The number of alkyl halides is 3. The Morgan fingerprint density at radius 2 is 1.50 bits per heavy atom. The summed E-state index contributed by atoms with van der Waals surface area (Å²) in [4.78, 5) is 0. The van der Waals surface area contributed by atoms with Crippen LogP contribution in [0.3, 0.4) is 0 Å². The predicted octanol–water partition coefficient (Wildman–Crippen LogP) is 0.819. The maximum absolute atomic E-state index is 12.1. The van der Waals surface area contributed by atoms with Crippen molar-refractivity contribution in [3.05, 3.63) is 35.4 Å². The summed E-state index contributed by atoms with van der Waals surface area (Å²) >= 11 is -3.01. The molecule has 1 atom stereocenters. The third-order valence-corrected chi connectivity index (χ3v) is 3.38. The summed E-state index contributed by atoms with van der Waals surface area (Å²) in [6.07, 6.45) is 0. The van der Waals surface area contributed by atoms with Crippen LogP contribution < -0.4 is 0 Å². The Labute approximate surface area is 146 Å². The van der Waals surface area contributed by atoms with Gasteiger partial charge < -0.3 is 8.84 Å². The number of halogens is 3. The highest BCUT2D eigenvalue weighted by atomic mass is 32.2. The van der Waals surface area contributed by atoms with Crippen LogP contribution in [-0.2, 0) is 30.0 Å². The Balaban J connectivity index is 3.11. The molecule has 0 heterocycles. The smallest absolute Gasteiger partial charge is 0.536 e. The van der Waals surface area contributed by atoms with E-state index in [0.29, 0.717) is 0 Å². The number of oxime groups is 2. The zero-order chi connectivity index (χ0) is 20.0. The van der Waals surface area contributed by atoms with Crippen molar-refractivity contribution in [2.45, 2.75) is 5.51 Å². The van der Waals surface area contributed by atoms with E-state index in [1.807, 2.05) is 0 Å². The largest absolute Gasteiger partial charge is 0.738 e. The van der Waals surface area contributed by atoms with E-state index in [2.05, 4.69) is 18.9 Å². The lowest BCUT2D eigenvalue weighted by molar-refractivity contribution is -0.0540. The van der Waals surface area contributed by atoms with Crippen LogP contribution in [0.15, 0.2) is 34.6 Å². The normalized spacial score (nSPS) is 14.1. The molecule has 0 amide bonds. The van der Waals surface area contributed by atoms with Crippen LogP contribution in [-0.4, -0.2) is 34.1 Å². The van der Waals surface area contributed by atoms with Gasteiger partial charge in [0.15, 0.2) is 22.8 Å². The molecule has 1 rings (SSSR count). The van der Waals surface area contributed by atoms with E-state index in [4.69, 9.17) is 10.5 Å². The van der Waals surface area contributed by atoms with Crippen LogP contribution in [0, 0.1) is 22.7 Å². The Bertz CT molecular complexity index is 942. The average molecular weight is 409 g/mol. The lowest BCUT2D eigenvalue weighted by Crippen LogP contribution is -2.24. The van der Waals surface area contributed by atoms with Crippen molar-refractivity contribution < 1.29 is 38.9 Å². The minimum Gasteiger partial charge on any atom is -0.738 e. The first-order chi connectivity index (χ1) is 12.0. The molecule has 1 aromatic rings. The van der Waals surface area contributed by atoms with Crippen molar-refractivity contribution in [3.8, 4) is 12.1 Å². The lowest BCUT2D eigenvalue weighted by atomic mass is 10.1. The van der Waals surface area contributed by atoms with Gasteiger partial charge in [-0.2, -0.15) is 32.1 Å². The van der Waals surface area contributed by atoms with Crippen molar-refractivity contribution in [2.24, 2.45) is 10.3 Å². The molecule has 0 fully saturated rings. The zero-order valence-electron chi connectivity index (χ0n) is 12.0. The summed E-state index contributed by atoms with van der Waals surface area (Å²) in [5.41, 5.74) is -7.12. The number of nitriles is 2. The number of hydrogen-bond acceptors (Lipinski definition) is 10. The minimum atomic E-state index is -6.03. The van der Waals surface area contributed by atoms with Gasteiger partial charge in [-0.3, -0.25) is 4.28 Å². The quantitative estimate of drug-likeness (QED) is 0.288. The van der Waals surface area contributed by atoms with E-state index in [9.17, 15) is 30.4 Å². The Morgan fingerprint density at radius 3 is 1.85 bits per heavy atom. The van der Waals surface area contributed by atoms with E-state index in [1.54, 1.807) is 0 Å². The second-order valence-corrected chi connectivity index (χ2v) is 6.01. The summed E-state index contributed by atoms with van der Waals surface area (Å²) in [7, 11) is -6.03. The van der Waals surface area contributed by atoms with Crippen molar-refractivity contribution in [3.63, 3.8) is 0 Å². The van der Waals surface area contributed by atoms with Gasteiger partial charge in [-0.25, -0.2) is 4.21 Å². The number of rotatable bonds is 6. The lowest BCUT2D eigenvalue weighted by Gasteiger charge is -2.05. The molecular weight excluding hydrogens is 405 g/mol. The number of nitrogens with zero attached hydrogens (tertiary/aromatic N) is 4. The fourth-order valence-corrected chi connectivity index (χ4v) is 1.65. The standard InChI is InChI=1S/C11H5F3N4O6S2/c12-11(13,14)26(21,22)24-18-10(6-16)8-3-1-7(2-4-8)9(5-15)17-23-25(19)20/h1-4H,(H,19,20)/p-1. The van der Waals surface area contributed by atoms with Gasteiger partial charge in [0.25, 0.3) is 0 Å². The Hall–Kier alpha value is -3.01. The number of benzene rings is 1. The predicted molar refractivity (Wildman–Crippen MR) is 76.8 cm³/mol. The second kappa shape index (κ2) is 8.39. The van der Waals surface area contributed by atoms with E-state index >= 15 is 0 Å². The van der Waals surface area contributed by atoms with Gasteiger partial charge in [0.1, 0.15) is 12.1 Å². The molecule has 0 saturated heterocycles. The molecule has 15 heteroatoms. The molecule has 0 saturated carbocycles. The van der Waals surface area contributed by atoms with Crippen molar-refractivity contribution in [2.75, 3.05) is 0 Å². The molecule has 10 nitrogen and oxygen atoms in total. The van der Waals surface area contributed by atoms with Crippen LogP contribution in [0.2, 0.25) is 0 Å². The molecule has 1 unspecified atom stereocenters. The molecule has 138 valence electrons.